The average molecular weight is 275 g/mol. The van der Waals surface area contributed by atoms with Crippen LogP contribution in [-0.2, 0) is 6.54 Å². The number of hydrogen-bond acceptors (Lipinski definition) is 4. The Morgan fingerprint density at radius 3 is 2.60 bits per heavy atom. The normalized spacial score (nSPS) is 12.6. The summed E-state index contributed by atoms with van der Waals surface area (Å²) in [5.74, 6) is 2.25. The third-order valence-corrected chi connectivity index (χ3v) is 3.02. The van der Waals surface area contributed by atoms with E-state index in [1.54, 1.807) is 6.07 Å². The highest BCUT2D eigenvalue weighted by molar-refractivity contribution is 5.26. The van der Waals surface area contributed by atoms with Crippen molar-refractivity contribution in [2.24, 2.45) is 5.92 Å². The first-order valence-electron chi connectivity index (χ1n) is 6.85. The van der Waals surface area contributed by atoms with Gasteiger partial charge in [0.25, 0.3) is 5.95 Å². The molecule has 0 amide bonds. The molecule has 0 saturated carbocycles. The zero-order valence-corrected chi connectivity index (χ0v) is 11.9. The Kier molecular flexibility index (Phi) is 5.21. The highest BCUT2D eigenvalue weighted by atomic mass is 16.6. The maximum absolute atomic E-state index is 9.69. The first-order chi connectivity index (χ1) is 9.65. The number of hydrogen-bond donors (Lipinski definition) is 2. The molecule has 0 radical (unpaired) electrons. The van der Waals surface area contributed by atoms with Gasteiger partial charge in [0, 0.05) is 12.6 Å². The van der Waals surface area contributed by atoms with Crippen LogP contribution in [0.3, 0.4) is 0 Å². The van der Waals surface area contributed by atoms with Crippen molar-refractivity contribution in [2.75, 3.05) is 6.54 Å². The maximum atomic E-state index is 9.69. The number of nitrogens with one attached hydrogen (secondary N) is 1. The van der Waals surface area contributed by atoms with Crippen molar-refractivity contribution >= 4 is 0 Å². The summed E-state index contributed by atoms with van der Waals surface area (Å²) in [7, 11) is 0. The van der Waals surface area contributed by atoms with Gasteiger partial charge in [-0.15, -0.1) is 0 Å². The Hall–Kier alpha value is -1.78. The van der Waals surface area contributed by atoms with E-state index in [1.165, 1.54) is 0 Å². The lowest BCUT2D eigenvalue weighted by atomic mass is 10.1. The molecule has 0 aliphatic heterocycles. The molecule has 1 heterocycles. The van der Waals surface area contributed by atoms with Crippen molar-refractivity contribution in [1.29, 1.82) is 0 Å². The largest absolute Gasteiger partial charge is 0.429 e. The Morgan fingerprint density at radius 1 is 1.15 bits per heavy atom. The number of para-hydroxylation sites is 1. The second-order valence-electron chi connectivity index (χ2n) is 5.08. The lowest BCUT2D eigenvalue weighted by molar-refractivity contribution is 0.122. The van der Waals surface area contributed by atoms with E-state index in [2.05, 4.69) is 5.32 Å². The summed E-state index contributed by atoms with van der Waals surface area (Å²) in [6.45, 7) is 5.10. The van der Waals surface area contributed by atoms with Crippen LogP contribution in [-0.4, -0.2) is 17.8 Å². The number of benzene rings is 1. The maximum Gasteiger partial charge on any atom is 0.290 e. The molecule has 1 aromatic heterocycles. The van der Waals surface area contributed by atoms with Crippen LogP contribution in [0.2, 0.25) is 0 Å². The van der Waals surface area contributed by atoms with Crippen LogP contribution in [0.15, 0.2) is 46.9 Å². The molecule has 2 aromatic rings. The quantitative estimate of drug-likeness (QED) is 0.815. The summed E-state index contributed by atoms with van der Waals surface area (Å²) in [5, 5.41) is 12.8. The summed E-state index contributed by atoms with van der Waals surface area (Å²) in [5.41, 5.74) is 0. The Labute approximate surface area is 119 Å². The van der Waals surface area contributed by atoms with Crippen molar-refractivity contribution in [3.05, 3.63) is 48.2 Å². The Morgan fingerprint density at radius 2 is 1.90 bits per heavy atom. The molecule has 2 rings (SSSR count). The molecular weight excluding hydrogens is 254 g/mol. The topological polar surface area (TPSA) is 54.6 Å². The van der Waals surface area contributed by atoms with E-state index >= 15 is 0 Å². The molecule has 0 aliphatic rings. The van der Waals surface area contributed by atoms with E-state index in [1.807, 2.05) is 50.2 Å². The first-order valence-corrected chi connectivity index (χ1v) is 6.85. The van der Waals surface area contributed by atoms with Crippen LogP contribution in [0.4, 0.5) is 0 Å². The molecule has 0 saturated heterocycles. The van der Waals surface area contributed by atoms with Gasteiger partial charge in [0.1, 0.15) is 11.5 Å². The van der Waals surface area contributed by atoms with Crippen molar-refractivity contribution in [1.82, 2.24) is 5.32 Å². The van der Waals surface area contributed by atoms with Crippen molar-refractivity contribution in [3.8, 4) is 11.7 Å². The molecule has 0 spiro atoms. The number of aliphatic hydroxyl groups is 1. The molecule has 1 atom stereocenters. The molecule has 4 nitrogen and oxygen atoms in total. The zero-order chi connectivity index (χ0) is 14.4. The fourth-order valence-corrected chi connectivity index (χ4v) is 1.69. The highest BCUT2D eigenvalue weighted by Gasteiger charge is 2.09. The Balaban J connectivity index is 1.80. The van der Waals surface area contributed by atoms with Crippen molar-refractivity contribution < 1.29 is 14.3 Å². The first kappa shape index (κ1) is 14.6. The monoisotopic (exact) mass is 275 g/mol. The zero-order valence-electron chi connectivity index (χ0n) is 11.9. The molecule has 1 unspecified atom stereocenters. The molecule has 4 heteroatoms. The smallest absolute Gasteiger partial charge is 0.290 e. The van der Waals surface area contributed by atoms with Crippen LogP contribution < -0.4 is 10.1 Å². The van der Waals surface area contributed by atoms with Gasteiger partial charge in [0.15, 0.2) is 0 Å². The summed E-state index contributed by atoms with van der Waals surface area (Å²) in [6, 6.07) is 13.2. The lowest BCUT2D eigenvalue weighted by Gasteiger charge is -2.14. The summed E-state index contributed by atoms with van der Waals surface area (Å²) >= 11 is 0. The van der Waals surface area contributed by atoms with E-state index < -0.39 is 0 Å². The fraction of sp³-hybridized carbons (Fsp3) is 0.375. The van der Waals surface area contributed by atoms with Gasteiger partial charge >= 0.3 is 0 Å². The van der Waals surface area contributed by atoms with E-state index in [0.717, 1.165) is 11.5 Å². The van der Waals surface area contributed by atoms with Gasteiger partial charge in [-0.2, -0.15) is 0 Å². The minimum absolute atomic E-state index is 0.246. The van der Waals surface area contributed by atoms with Gasteiger partial charge in [-0.3, -0.25) is 0 Å². The van der Waals surface area contributed by atoms with E-state index in [4.69, 9.17) is 9.15 Å². The van der Waals surface area contributed by atoms with Gasteiger partial charge in [-0.05, 0) is 24.1 Å². The predicted molar refractivity (Wildman–Crippen MR) is 77.8 cm³/mol. The van der Waals surface area contributed by atoms with Crippen molar-refractivity contribution in [3.63, 3.8) is 0 Å². The lowest BCUT2D eigenvalue weighted by Crippen LogP contribution is -2.30. The molecule has 0 bridgehead atoms. The second kappa shape index (κ2) is 7.12. The second-order valence-corrected chi connectivity index (χ2v) is 5.08. The minimum Gasteiger partial charge on any atom is -0.429 e. The van der Waals surface area contributed by atoms with Gasteiger partial charge in [0.05, 0.1) is 12.6 Å². The fourth-order valence-electron chi connectivity index (χ4n) is 1.69. The van der Waals surface area contributed by atoms with Gasteiger partial charge in [-0.1, -0.05) is 32.0 Å². The van der Waals surface area contributed by atoms with Crippen molar-refractivity contribution in [2.45, 2.75) is 26.5 Å². The summed E-state index contributed by atoms with van der Waals surface area (Å²) in [6.07, 6.45) is -0.343. The van der Waals surface area contributed by atoms with E-state index in [0.29, 0.717) is 19.0 Å². The molecule has 0 aliphatic carbocycles. The van der Waals surface area contributed by atoms with Gasteiger partial charge < -0.3 is 19.6 Å². The molecule has 2 N–H and O–H groups in total. The third kappa shape index (κ3) is 4.40. The third-order valence-electron chi connectivity index (χ3n) is 3.02. The van der Waals surface area contributed by atoms with E-state index in [-0.39, 0.29) is 12.0 Å². The predicted octanol–water partition coefficient (Wildman–Crippen LogP) is 3.18. The van der Waals surface area contributed by atoms with Gasteiger partial charge in [0.2, 0.25) is 0 Å². The average Bonchev–Trinajstić information content (AvgIpc) is 2.87. The number of aliphatic hydroxyl groups excluding tert-OH is 1. The summed E-state index contributed by atoms with van der Waals surface area (Å²) < 4.78 is 11.1. The molecular formula is C16H21NO3. The summed E-state index contributed by atoms with van der Waals surface area (Å²) in [4.78, 5) is 0. The SMILES string of the molecule is CC(C)C(O)CNCc1ccc(Oc2ccccc2)o1. The van der Waals surface area contributed by atoms with Crippen LogP contribution in [0.25, 0.3) is 0 Å². The highest BCUT2D eigenvalue weighted by Crippen LogP contribution is 2.23. The Bertz CT molecular complexity index is 507. The van der Waals surface area contributed by atoms with E-state index in [9.17, 15) is 5.11 Å². The molecule has 1 aromatic carbocycles. The molecule has 108 valence electrons. The van der Waals surface area contributed by atoms with Crippen LogP contribution in [0.5, 0.6) is 11.7 Å². The minimum atomic E-state index is -0.343. The number of ether oxygens (including phenoxy) is 1. The van der Waals surface area contributed by atoms with Crippen LogP contribution in [0, 0.1) is 5.92 Å². The molecule has 20 heavy (non-hydrogen) atoms. The van der Waals surface area contributed by atoms with Gasteiger partial charge in [-0.25, -0.2) is 0 Å². The number of rotatable bonds is 7. The standard InChI is InChI=1S/C16H21NO3/c1-12(2)15(18)11-17-10-14-8-9-16(20-14)19-13-6-4-3-5-7-13/h3-9,12,15,17-18H,10-11H2,1-2H3. The van der Waals surface area contributed by atoms with Crippen LogP contribution >= 0.6 is 0 Å². The van der Waals surface area contributed by atoms with Crippen LogP contribution in [0.1, 0.15) is 19.6 Å². The molecule has 0 fully saturated rings. The number of furan rings is 1.